The lowest BCUT2D eigenvalue weighted by Crippen LogP contribution is -2.46. The van der Waals surface area contributed by atoms with Gasteiger partial charge in [0.15, 0.2) is 0 Å². The van der Waals surface area contributed by atoms with Gasteiger partial charge in [-0.1, -0.05) is 26.7 Å². The molecule has 3 atom stereocenters. The number of hydrogen-bond acceptors (Lipinski definition) is 2. The summed E-state index contributed by atoms with van der Waals surface area (Å²) >= 11 is 0. The third-order valence-electron chi connectivity index (χ3n) is 3.05. The third-order valence-corrected chi connectivity index (χ3v) is 3.05. The Balaban J connectivity index is 2.27. The predicted molar refractivity (Wildman–Crippen MR) is 60.3 cm³/mol. The maximum absolute atomic E-state index is 9.79. The normalized spacial score (nSPS) is 30.6. The Morgan fingerprint density at radius 1 is 1.21 bits per heavy atom. The van der Waals surface area contributed by atoms with Crippen LogP contribution in [0.15, 0.2) is 0 Å². The van der Waals surface area contributed by atoms with Crippen molar-refractivity contribution in [3.05, 3.63) is 0 Å². The van der Waals surface area contributed by atoms with E-state index >= 15 is 0 Å². The molecule has 0 aromatic rings. The molecule has 0 aromatic carbocycles. The Labute approximate surface area is 88.1 Å². The van der Waals surface area contributed by atoms with Crippen molar-refractivity contribution in [2.24, 2.45) is 5.92 Å². The fourth-order valence-corrected chi connectivity index (χ4v) is 2.45. The average Bonchev–Trinajstić information content (AvgIpc) is 2.07. The van der Waals surface area contributed by atoms with Gasteiger partial charge in [-0.25, -0.2) is 0 Å². The van der Waals surface area contributed by atoms with E-state index in [0.29, 0.717) is 12.1 Å². The summed E-state index contributed by atoms with van der Waals surface area (Å²) in [5.74, 6) is 0.734. The number of hydrogen-bond donors (Lipinski definition) is 2. The van der Waals surface area contributed by atoms with Gasteiger partial charge < -0.3 is 10.4 Å². The molecule has 14 heavy (non-hydrogen) atoms. The molecule has 1 aliphatic rings. The van der Waals surface area contributed by atoms with Crippen LogP contribution in [0.1, 0.15) is 52.9 Å². The molecule has 2 N–H and O–H groups in total. The molecule has 2 heteroatoms. The summed E-state index contributed by atoms with van der Waals surface area (Å²) in [6.45, 7) is 6.71. The van der Waals surface area contributed by atoms with Crippen LogP contribution in [0.3, 0.4) is 0 Å². The maximum Gasteiger partial charge on any atom is 0.0693 e. The first-order valence-corrected chi connectivity index (χ1v) is 6.03. The van der Waals surface area contributed by atoms with Gasteiger partial charge in [0.25, 0.3) is 0 Å². The van der Waals surface area contributed by atoms with Crippen LogP contribution in [-0.4, -0.2) is 23.3 Å². The van der Waals surface area contributed by atoms with Crippen LogP contribution in [0, 0.1) is 5.92 Å². The van der Waals surface area contributed by atoms with Gasteiger partial charge in [-0.05, 0) is 32.1 Å². The van der Waals surface area contributed by atoms with Crippen LogP contribution in [-0.2, 0) is 0 Å². The highest BCUT2D eigenvalue weighted by molar-refractivity contribution is 4.82. The largest absolute Gasteiger partial charge is 0.392 e. The molecule has 1 rings (SSSR count). The van der Waals surface area contributed by atoms with E-state index in [4.69, 9.17) is 0 Å². The van der Waals surface area contributed by atoms with Crippen LogP contribution >= 0.6 is 0 Å². The van der Waals surface area contributed by atoms with Gasteiger partial charge in [0.1, 0.15) is 0 Å². The SMILES string of the molecule is CC(C)CC(C)N[C@H]1CCCC[C@@H]1O. The first kappa shape index (κ1) is 12.0. The zero-order valence-corrected chi connectivity index (χ0v) is 9.79. The van der Waals surface area contributed by atoms with Crippen LogP contribution < -0.4 is 5.32 Å². The molecule has 0 aliphatic heterocycles. The molecule has 1 aliphatic carbocycles. The van der Waals surface area contributed by atoms with Gasteiger partial charge in [-0.3, -0.25) is 0 Å². The smallest absolute Gasteiger partial charge is 0.0693 e. The fraction of sp³-hybridized carbons (Fsp3) is 1.00. The fourth-order valence-electron chi connectivity index (χ4n) is 2.45. The van der Waals surface area contributed by atoms with Crippen molar-refractivity contribution in [3.63, 3.8) is 0 Å². The van der Waals surface area contributed by atoms with Crippen molar-refractivity contribution in [1.29, 1.82) is 0 Å². The average molecular weight is 199 g/mol. The maximum atomic E-state index is 9.79. The summed E-state index contributed by atoms with van der Waals surface area (Å²) in [5.41, 5.74) is 0. The van der Waals surface area contributed by atoms with Gasteiger partial charge in [0, 0.05) is 12.1 Å². The second kappa shape index (κ2) is 5.72. The van der Waals surface area contributed by atoms with Crippen molar-refractivity contribution in [1.82, 2.24) is 5.32 Å². The molecule has 0 amide bonds. The van der Waals surface area contributed by atoms with E-state index < -0.39 is 0 Å². The minimum Gasteiger partial charge on any atom is -0.392 e. The molecule has 0 saturated heterocycles. The molecular formula is C12H25NO. The quantitative estimate of drug-likeness (QED) is 0.728. The first-order chi connectivity index (χ1) is 6.59. The topological polar surface area (TPSA) is 32.3 Å². The van der Waals surface area contributed by atoms with E-state index in [2.05, 4.69) is 26.1 Å². The van der Waals surface area contributed by atoms with Crippen LogP contribution in [0.2, 0.25) is 0 Å². The third kappa shape index (κ3) is 3.97. The molecule has 0 radical (unpaired) electrons. The summed E-state index contributed by atoms with van der Waals surface area (Å²) < 4.78 is 0. The molecule has 0 aromatic heterocycles. The van der Waals surface area contributed by atoms with Crippen molar-refractivity contribution in [2.45, 2.75) is 71.1 Å². The second-order valence-electron chi connectivity index (χ2n) is 5.16. The van der Waals surface area contributed by atoms with Crippen molar-refractivity contribution in [2.75, 3.05) is 0 Å². The lowest BCUT2D eigenvalue weighted by molar-refractivity contribution is 0.0844. The monoisotopic (exact) mass is 199 g/mol. The van der Waals surface area contributed by atoms with Crippen LogP contribution in [0.5, 0.6) is 0 Å². The van der Waals surface area contributed by atoms with Gasteiger partial charge in [0.05, 0.1) is 6.10 Å². The highest BCUT2D eigenvalue weighted by atomic mass is 16.3. The Hall–Kier alpha value is -0.0800. The molecule has 0 bridgehead atoms. The van der Waals surface area contributed by atoms with E-state index in [1.54, 1.807) is 0 Å². The Kier molecular flexibility index (Phi) is 4.90. The minimum atomic E-state index is -0.113. The van der Waals surface area contributed by atoms with Gasteiger partial charge in [-0.2, -0.15) is 0 Å². The predicted octanol–water partition coefficient (Wildman–Crippen LogP) is 2.31. The molecule has 2 nitrogen and oxygen atoms in total. The van der Waals surface area contributed by atoms with E-state index in [1.165, 1.54) is 19.3 Å². The first-order valence-electron chi connectivity index (χ1n) is 6.03. The molecule has 0 spiro atoms. The lowest BCUT2D eigenvalue weighted by Gasteiger charge is -2.31. The lowest BCUT2D eigenvalue weighted by atomic mass is 9.91. The molecule has 84 valence electrons. The van der Waals surface area contributed by atoms with Gasteiger partial charge in [-0.15, -0.1) is 0 Å². The summed E-state index contributed by atoms with van der Waals surface area (Å²) in [5, 5.41) is 13.3. The summed E-state index contributed by atoms with van der Waals surface area (Å²) in [6, 6.07) is 0.880. The van der Waals surface area contributed by atoms with Crippen molar-refractivity contribution < 1.29 is 5.11 Å². The molecular weight excluding hydrogens is 174 g/mol. The second-order valence-corrected chi connectivity index (χ2v) is 5.16. The van der Waals surface area contributed by atoms with E-state index in [1.807, 2.05) is 0 Å². The molecule has 0 heterocycles. The summed E-state index contributed by atoms with van der Waals surface area (Å²) in [6.07, 6.45) is 5.67. The van der Waals surface area contributed by atoms with Gasteiger partial charge >= 0.3 is 0 Å². The summed E-state index contributed by atoms with van der Waals surface area (Å²) in [7, 11) is 0. The van der Waals surface area contributed by atoms with Crippen LogP contribution in [0.4, 0.5) is 0 Å². The zero-order chi connectivity index (χ0) is 10.6. The number of rotatable bonds is 4. The minimum absolute atomic E-state index is 0.113. The van der Waals surface area contributed by atoms with E-state index in [9.17, 15) is 5.11 Å². The molecule has 1 saturated carbocycles. The van der Waals surface area contributed by atoms with E-state index in [0.717, 1.165) is 18.8 Å². The highest BCUT2D eigenvalue weighted by Crippen LogP contribution is 2.19. The molecule has 1 unspecified atom stereocenters. The van der Waals surface area contributed by atoms with Crippen molar-refractivity contribution >= 4 is 0 Å². The molecule has 1 fully saturated rings. The highest BCUT2D eigenvalue weighted by Gasteiger charge is 2.23. The standard InChI is InChI=1S/C12H25NO/c1-9(2)8-10(3)13-11-6-4-5-7-12(11)14/h9-14H,4-8H2,1-3H3/t10?,11-,12-/m0/s1. The Morgan fingerprint density at radius 2 is 1.86 bits per heavy atom. The Morgan fingerprint density at radius 3 is 2.43 bits per heavy atom. The van der Waals surface area contributed by atoms with E-state index in [-0.39, 0.29) is 6.10 Å². The number of nitrogens with one attached hydrogen (secondary N) is 1. The summed E-state index contributed by atoms with van der Waals surface area (Å²) in [4.78, 5) is 0. The zero-order valence-electron chi connectivity index (χ0n) is 9.79. The van der Waals surface area contributed by atoms with Crippen molar-refractivity contribution in [3.8, 4) is 0 Å². The Bertz CT molecular complexity index is 158. The van der Waals surface area contributed by atoms with Crippen LogP contribution in [0.25, 0.3) is 0 Å². The van der Waals surface area contributed by atoms with Gasteiger partial charge in [0.2, 0.25) is 0 Å². The number of aliphatic hydroxyl groups is 1. The number of aliphatic hydroxyl groups excluding tert-OH is 1.